The van der Waals surface area contributed by atoms with Gasteiger partial charge in [-0.25, -0.2) is 0 Å². The van der Waals surface area contributed by atoms with Gasteiger partial charge in [0.25, 0.3) is 0 Å². The van der Waals surface area contributed by atoms with E-state index in [1.54, 1.807) is 60.5 Å². The van der Waals surface area contributed by atoms with Gasteiger partial charge in [-0.2, -0.15) is 0 Å². The van der Waals surface area contributed by atoms with Crippen LogP contribution in [-0.2, 0) is 9.59 Å². The smallest absolute Gasteiger partial charge is 0.238 e. The van der Waals surface area contributed by atoms with Crippen molar-refractivity contribution in [1.82, 2.24) is 4.90 Å². The summed E-state index contributed by atoms with van der Waals surface area (Å²) in [6.45, 7) is 0.126. The van der Waals surface area contributed by atoms with Crippen LogP contribution in [0.4, 0.5) is 11.4 Å². The maximum absolute atomic E-state index is 12.3. The van der Waals surface area contributed by atoms with Crippen LogP contribution in [0.1, 0.15) is 0 Å². The maximum Gasteiger partial charge on any atom is 0.238 e. The molecule has 0 radical (unpaired) electrons. The molecule has 0 aliphatic heterocycles. The molecule has 3 aromatic carbocycles. The number of likely N-dealkylation sites (N-methyl/N-ethyl adjacent to an activating group) is 1. The van der Waals surface area contributed by atoms with Gasteiger partial charge in [-0.15, -0.1) is 0 Å². The normalized spacial score (nSPS) is 10.5. The first-order valence-corrected chi connectivity index (χ1v) is 9.73. The van der Waals surface area contributed by atoms with Gasteiger partial charge in [-0.1, -0.05) is 41.9 Å². The fourth-order valence-corrected chi connectivity index (χ4v) is 2.91. The second-order valence-electron chi connectivity index (χ2n) is 6.69. The lowest BCUT2D eigenvalue weighted by molar-refractivity contribution is -0.119. The summed E-state index contributed by atoms with van der Waals surface area (Å²) in [6, 6.07) is 23.5. The minimum atomic E-state index is -0.249. The highest BCUT2D eigenvalue weighted by molar-refractivity contribution is 6.33. The van der Waals surface area contributed by atoms with Crippen LogP contribution in [0, 0.1) is 0 Å². The number of rotatable bonds is 8. The summed E-state index contributed by atoms with van der Waals surface area (Å²) in [5.74, 6) is 0.944. The third-order valence-corrected chi connectivity index (χ3v) is 4.42. The largest absolute Gasteiger partial charge is 0.457 e. The summed E-state index contributed by atoms with van der Waals surface area (Å²) in [5.41, 5.74) is 1.19. The average molecular weight is 424 g/mol. The molecule has 30 heavy (non-hydrogen) atoms. The van der Waals surface area contributed by atoms with Crippen LogP contribution >= 0.6 is 11.6 Å². The number of nitrogens with zero attached hydrogens (tertiary/aromatic N) is 1. The topological polar surface area (TPSA) is 70.7 Å². The number of para-hydroxylation sites is 2. The first kappa shape index (κ1) is 21.4. The molecule has 0 aliphatic carbocycles. The Morgan fingerprint density at radius 2 is 1.37 bits per heavy atom. The predicted molar refractivity (Wildman–Crippen MR) is 119 cm³/mol. The lowest BCUT2D eigenvalue weighted by Crippen LogP contribution is -2.36. The average Bonchev–Trinajstić information content (AvgIpc) is 2.72. The summed E-state index contributed by atoms with van der Waals surface area (Å²) in [6.07, 6.45) is 0. The van der Waals surface area contributed by atoms with Crippen LogP contribution in [0.5, 0.6) is 11.5 Å². The number of amides is 2. The van der Waals surface area contributed by atoms with E-state index in [9.17, 15) is 9.59 Å². The Morgan fingerprint density at radius 3 is 2.03 bits per heavy atom. The van der Waals surface area contributed by atoms with Crippen LogP contribution in [0.25, 0.3) is 0 Å². The molecule has 0 atom stereocenters. The van der Waals surface area contributed by atoms with E-state index in [1.807, 2.05) is 30.3 Å². The molecule has 2 N–H and O–H groups in total. The Balaban J connectivity index is 1.45. The first-order valence-electron chi connectivity index (χ1n) is 9.35. The Labute approximate surface area is 180 Å². The Morgan fingerprint density at radius 1 is 0.800 bits per heavy atom. The molecule has 0 saturated heterocycles. The zero-order valence-electron chi connectivity index (χ0n) is 16.5. The zero-order valence-corrected chi connectivity index (χ0v) is 17.2. The minimum Gasteiger partial charge on any atom is -0.457 e. The zero-order chi connectivity index (χ0) is 21.3. The predicted octanol–water partition coefficient (Wildman–Crippen LogP) is 4.64. The highest BCUT2D eigenvalue weighted by Crippen LogP contribution is 2.23. The molecule has 7 heteroatoms. The van der Waals surface area contributed by atoms with Crippen molar-refractivity contribution in [3.05, 3.63) is 83.9 Å². The molecule has 2 amide bonds. The van der Waals surface area contributed by atoms with Gasteiger partial charge in [0.15, 0.2) is 0 Å². The molecular formula is C23H22ClN3O3. The summed E-state index contributed by atoms with van der Waals surface area (Å²) < 4.78 is 5.73. The molecular weight excluding hydrogens is 402 g/mol. The molecule has 0 unspecified atom stereocenters. The van der Waals surface area contributed by atoms with Crippen molar-refractivity contribution in [2.75, 3.05) is 30.8 Å². The van der Waals surface area contributed by atoms with Crippen molar-refractivity contribution in [2.45, 2.75) is 0 Å². The molecule has 0 aromatic heterocycles. The number of carbonyl (C=O) groups excluding carboxylic acids is 2. The van der Waals surface area contributed by atoms with Crippen molar-refractivity contribution in [1.29, 1.82) is 0 Å². The molecule has 0 spiro atoms. The quantitative estimate of drug-likeness (QED) is 0.553. The molecule has 0 fully saturated rings. The Hall–Kier alpha value is -3.35. The second kappa shape index (κ2) is 10.4. The van der Waals surface area contributed by atoms with E-state index in [1.165, 1.54) is 0 Å². The monoisotopic (exact) mass is 423 g/mol. The van der Waals surface area contributed by atoms with E-state index < -0.39 is 0 Å². The van der Waals surface area contributed by atoms with Gasteiger partial charge >= 0.3 is 0 Å². The third kappa shape index (κ3) is 6.62. The maximum atomic E-state index is 12.3. The van der Waals surface area contributed by atoms with Gasteiger partial charge in [-0.3, -0.25) is 14.5 Å². The fraction of sp³-hybridized carbons (Fsp3) is 0.130. The summed E-state index contributed by atoms with van der Waals surface area (Å²) in [5, 5.41) is 6.00. The molecule has 6 nitrogen and oxygen atoms in total. The van der Waals surface area contributed by atoms with Crippen molar-refractivity contribution in [3.63, 3.8) is 0 Å². The van der Waals surface area contributed by atoms with E-state index in [0.717, 1.165) is 5.75 Å². The van der Waals surface area contributed by atoms with Crippen molar-refractivity contribution in [2.24, 2.45) is 0 Å². The van der Waals surface area contributed by atoms with E-state index >= 15 is 0 Å². The highest BCUT2D eigenvalue weighted by atomic mass is 35.5. The molecule has 0 saturated carbocycles. The number of nitrogens with one attached hydrogen (secondary N) is 2. The molecule has 154 valence electrons. The number of hydrogen-bond donors (Lipinski definition) is 2. The number of halogens is 1. The number of carbonyl (C=O) groups is 2. The van der Waals surface area contributed by atoms with E-state index in [2.05, 4.69) is 10.6 Å². The van der Waals surface area contributed by atoms with E-state index in [4.69, 9.17) is 16.3 Å². The van der Waals surface area contributed by atoms with Crippen LogP contribution in [-0.4, -0.2) is 36.9 Å². The summed E-state index contributed by atoms with van der Waals surface area (Å²) in [4.78, 5) is 26.0. The van der Waals surface area contributed by atoms with Crippen LogP contribution < -0.4 is 15.4 Å². The first-order chi connectivity index (χ1) is 14.5. The summed E-state index contributed by atoms with van der Waals surface area (Å²) >= 11 is 6.03. The lowest BCUT2D eigenvalue weighted by atomic mass is 10.3. The minimum absolute atomic E-state index is 0.0580. The van der Waals surface area contributed by atoms with Crippen LogP contribution in [0.15, 0.2) is 78.9 Å². The van der Waals surface area contributed by atoms with Crippen LogP contribution in [0.3, 0.4) is 0 Å². The van der Waals surface area contributed by atoms with Gasteiger partial charge in [0.1, 0.15) is 11.5 Å². The van der Waals surface area contributed by atoms with Gasteiger partial charge in [0.2, 0.25) is 11.8 Å². The van der Waals surface area contributed by atoms with Gasteiger partial charge in [-0.05, 0) is 55.6 Å². The van der Waals surface area contributed by atoms with E-state index in [0.29, 0.717) is 22.1 Å². The Kier molecular flexibility index (Phi) is 7.43. The molecule has 0 aliphatic rings. The van der Waals surface area contributed by atoms with Crippen molar-refractivity contribution < 1.29 is 14.3 Å². The molecule has 0 heterocycles. The molecule has 3 aromatic rings. The highest BCUT2D eigenvalue weighted by Gasteiger charge is 2.12. The van der Waals surface area contributed by atoms with Crippen molar-refractivity contribution in [3.8, 4) is 11.5 Å². The van der Waals surface area contributed by atoms with E-state index in [-0.39, 0.29) is 24.9 Å². The number of ether oxygens (including phenoxy) is 1. The standard InChI is InChI=1S/C23H22ClN3O3/c1-27(16-23(29)26-21-10-6-5-9-20(21)24)15-22(28)25-17-11-13-19(14-12-17)30-18-7-3-2-4-8-18/h2-14H,15-16H2,1H3,(H,25,28)(H,26,29). The van der Waals surface area contributed by atoms with Gasteiger partial charge < -0.3 is 15.4 Å². The van der Waals surface area contributed by atoms with Crippen molar-refractivity contribution >= 4 is 34.8 Å². The summed E-state index contributed by atoms with van der Waals surface area (Å²) in [7, 11) is 1.70. The molecule has 3 rings (SSSR count). The lowest BCUT2D eigenvalue weighted by Gasteiger charge is -2.16. The number of benzene rings is 3. The second-order valence-corrected chi connectivity index (χ2v) is 7.10. The molecule has 0 bridgehead atoms. The van der Waals surface area contributed by atoms with Gasteiger partial charge in [0, 0.05) is 5.69 Å². The SMILES string of the molecule is CN(CC(=O)Nc1ccc(Oc2ccccc2)cc1)CC(=O)Nc1ccccc1Cl. The number of hydrogen-bond acceptors (Lipinski definition) is 4. The Bertz CT molecular complexity index is 994. The third-order valence-electron chi connectivity index (χ3n) is 4.09. The van der Waals surface area contributed by atoms with Crippen LogP contribution in [0.2, 0.25) is 5.02 Å². The van der Waals surface area contributed by atoms with Gasteiger partial charge in [0.05, 0.1) is 23.8 Å². The number of anilines is 2. The fourth-order valence-electron chi connectivity index (χ4n) is 2.73.